The minimum absolute atomic E-state index is 0.236. The molecule has 0 amide bonds. The first-order valence-electron chi connectivity index (χ1n) is 9.70. The Balaban J connectivity index is 1.78. The van der Waals surface area contributed by atoms with E-state index in [2.05, 4.69) is 33.8 Å². The summed E-state index contributed by atoms with van der Waals surface area (Å²) < 4.78 is 0. The van der Waals surface area contributed by atoms with E-state index in [0.29, 0.717) is 0 Å². The number of halogens is 1. The lowest BCUT2D eigenvalue weighted by atomic mass is 10.0. The summed E-state index contributed by atoms with van der Waals surface area (Å²) in [5.74, 6) is 1.86. The summed E-state index contributed by atoms with van der Waals surface area (Å²) in [6, 6.07) is 7.99. The van der Waals surface area contributed by atoms with Crippen molar-refractivity contribution in [3.8, 4) is 0 Å². The Kier molecular flexibility index (Phi) is 6.68. The average molecular weight is 389 g/mol. The van der Waals surface area contributed by atoms with Crippen molar-refractivity contribution >= 4 is 17.4 Å². The molecule has 27 heavy (non-hydrogen) atoms. The van der Waals surface area contributed by atoms with Crippen LogP contribution in [0.2, 0.25) is 5.02 Å². The SMILES string of the molecule is CC[C@H](O)CN1CCN(c2nc(C)nc(C)c2Cc2ccc(Cl)cc2)CC1. The van der Waals surface area contributed by atoms with Crippen LogP contribution in [0.3, 0.4) is 0 Å². The molecular formula is C21H29ClN4O. The molecule has 0 spiro atoms. The first-order valence-corrected chi connectivity index (χ1v) is 10.1. The molecule has 0 radical (unpaired) electrons. The van der Waals surface area contributed by atoms with Gasteiger partial charge in [0.1, 0.15) is 11.6 Å². The van der Waals surface area contributed by atoms with Gasteiger partial charge in [-0.1, -0.05) is 30.7 Å². The Bertz CT molecular complexity index is 758. The molecule has 1 aliphatic heterocycles. The van der Waals surface area contributed by atoms with E-state index < -0.39 is 0 Å². The van der Waals surface area contributed by atoms with Crippen molar-refractivity contribution in [3.63, 3.8) is 0 Å². The van der Waals surface area contributed by atoms with Gasteiger partial charge in [0.15, 0.2) is 0 Å². The molecule has 1 N–H and O–H groups in total. The highest BCUT2D eigenvalue weighted by atomic mass is 35.5. The molecule has 146 valence electrons. The lowest BCUT2D eigenvalue weighted by Gasteiger charge is -2.37. The maximum atomic E-state index is 9.91. The summed E-state index contributed by atoms with van der Waals surface area (Å²) in [5.41, 5.74) is 3.43. The fourth-order valence-corrected chi connectivity index (χ4v) is 3.69. The highest BCUT2D eigenvalue weighted by Gasteiger charge is 2.23. The van der Waals surface area contributed by atoms with Crippen molar-refractivity contribution in [3.05, 3.63) is 51.9 Å². The van der Waals surface area contributed by atoms with Gasteiger partial charge < -0.3 is 10.0 Å². The number of aryl methyl sites for hydroxylation is 2. The number of benzene rings is 1. The van der Waals surface area contributed by atoms with Gasteiger partial charge >= 0.3 is 0 Å². The van der Waals surface area contributed by atoms with Gasteiger partial charge in [-0.05, 0) is 38.0 Å². The normalized spacial score (nSPS) is 16.6. The van der Waals surface area contributed by atoms with Crippen molar-refractivity contribution in [2.45, 2.75) is 39.7 Å². The Hall–Kier alpha value is -1.69. The zero-order valence-electron chi connectivity index (χ0n) is 16.5. The minimum Gasteiger partial charge on any atom is -0.392 e. The first kappa shape index (κ1) is 20.1. The third kappa shape index (κ3) is 5.18. The molecule has 1 fully saturated rings. The van der Waals surface area contributed by atoms with Crippen molar-refractivity contribution < 1.29 is 5.11 Å². The van der Waals surface area contributed by atoms with E-state index in [1.807, 2.05) is 26.0 Å². The van der Waals surface area contributed by atoms with Crippen LogP contribution in [0.1, 0.15) is 36.0 Å². The van der Waals surface area contributed by atoms with Crippen LogP contribution in [0.25, 0.3) is 0 Å². The van der Waals surface area contributed by atoms with E-state index in [0.717, 1.165) is 67.9 Å². The smallest absolute Gasteiger partial charge is 0.136 e. The van der Waals surface area contributed by atoms with Gasteiger partial charge in [0.05, 0.1) is 6.10 Å². The third-order valence-corrected chi connectivity index (χ3v) is 5.46. The Labute approximate surface area is 167 Å². The Morgan fingerprint density at radius 2 is 1.74 bits per heavy atom. The number of nitrogens with zero attached hydrogens (tertiary/aromatic N) is 4. The Morgan fingerprint density at radius 1 is 1.07 bits per heavy atom. The number of piperazine rings is 1. The van der Waals surface area contributed by atoms with E-state index in [1.54, 1.807) is 0 Å². The number of aliphatic hydroxyl groups excluding tert-OH is 1. The molecule has 0 saturated carbocycles. The van der Waals surface area contributed by atoms with Crippen molar-refractivity contribution in [1.29, 1.82) is 0 Å². The minimum atomic E-state index is -0.236. The molecule has 1 aromatic carbocycles. The lowest BCUT2D eigenvalue weighted by molar-refractivity contribution is 0.106. The van der Waals surface area contributed by atoms with Crippen LogP contribution in [0.5, 0.6) is 0 Å². The van der Waals surface area contributed by atoms with E-state index in [9.17, 15) is 5.11 Å². The largest absolute Gasteiger partial charge is 0.392 e. The van der Waals surface area contributed by atoms with Gasteiger partial charge in [-0.15, -0.1) is 0 Å². The van der Waals surface area contributed by atoms with Crippen LogP contribution in [0.4, 0.5) is 5.82 Å². The number of anilines is 1. The summed E-state index contributed by atoms with van der Waals surface area (Å²) in [6.07, 6.45) is 1.36. The second-order valence-electron chi connectivity index (χ2n) is 7.31. The predicted molar refractivity (Wildman–Crippen MR) is 111 cm³/mol. The van der Waals surface area contributed by atoms with Gasteiger partial charge in [0, 0.05) is 55.4 Å². The summed E-state index contributed by atoms with van der Waals surface area (Å²) in [4.78, 5) is 14.1. The van der Waals surface area contributed by atoms with Crippen LogP contribution < -0.4 is 4.90 Å². The average Bonchev–Trinajstić information content (AvgIpc) is 2.66. The van der Waals surface area contributed by atoms with E-state index in [1.165, 1.54) is 11.1 Å². The number of rotatable bonds is 6. The number of aliphatic hydroxyl groups is 1. The van der Waals surface area contributed by atoms with Gasteiger partial charge in [0.25, 0.3) is 0 Å². The molecule has 0 bridgehead atoms. The molecule has 2 heterocycles. The van der Waals surface area contributed by atoms with Crippen LogP contribution in [0.15, 0.2) is 24.3 Å². The summed E-state index contributed by atoms with van der Waals surface area (Å²) in [6.45, 7) is 10.5. The molecule has 3 rings (SSSR count). The van der Waals surface area contributed by atoms with Crippen molar-refractivity contribution in [2.75, 3.05) is 37.6 Å². The monoisotopic (exact) mass is 388 g/mol. The fourth-order valence-electron chi connectivity index (χ4n) is 3.56. The maximum absolute atomic E-state index is 9.91. The first-order chi connectivity index (χ1) is 13.0. The molecule has 0 aliphatic carbocycles. The van der Waals surface area contributed by atoms with Crippen LogP contribution in [-0.4, -0.2) is 58.8 Å². The summed E-state index contributed by atoms with van der Waals surface area (Å²) in [5, 5.41) is 10.7. The van der Waals surface area contributed by atoms with Crippen LogP contribution in [0, 0.1) is 13.8 Å². The third-order valence-electron chi connectivity index (χ3n) is 5.21. The maximum Gasteiger partial charge on any atom is 0.136 e. The number of β-amino-alcohol motifs (C(OH)–C–C–N with tert-alkyl or cyclic N) is 1. The zero-order valence-corrected chi connectivity index (χ0v) is 17.2. The molecule has 2 aromatic rings. The lowest BCUT2D eigenvalue weighted by Crippen LogP contribution is -2.49. The molecule has 1 aromatic heterocycles. The quantitative estimate of drug-likeness (QED) is 0.823. The molecule has 1 aliphatic rings. The topological polar surface area (TPSA) is 52.5 Å². The molecule has 6 heteroatoms. The number of hydrogen-bond donors (Lipinski definition) is 1. The molecule has 1 saturated heterocycles. The van der Waals surface area contributed by atoms with Gasteiger partial charge in [0.2, 0.25) is 0 Å². The van der Waals surface area contributed by atoms with E-state index in [4.69, 9.17) is 16.6 Å². The van der Waals surface area contributed by atoms with Gasteiger partial charge in [-0.25, -0.2) is 9.97 Å². The predicted octanol–water partition coefficient (Wildman–Crippen LogP) is 3.23. The zero-order chi connectivity index (χ0) is 19.4. The van der Waals surface area contributed by atoms with E-state index >= 15 is 0 Å². The highest BCUT2D eigenvalue weighted by molar-refractivity contribution is 6.30. The second-order valence-corrected chi connectivity index (χ2v) is 7.75. The number of hydrogen-bond acceptors (Lipinski definition) is 5. The van der Waals surface area contributed by atoms with Crippen molar-refractivity contribution in [2.24, 2.45) is 0 Å². The Morgan fingerprint density at radius 3 is 2.37 bits per heavy atom. The molecular weight excluding hydrogens is 360 g/mol. The standard InChI is InChI=1S/C21H29ClN4O/c1-4-19(27)14-25-9-11-26(12-10-25)21-20(15(2)23-16(3)24-21)13-17-5-7-18(22)8-6-17/h5-8,19,27H,4,9-14H2,1-3H3/t19-/m0/s1. The second kappa shape index (κ2) is 9.00. The fraction of sp³-hybridized carbons (Fsp3) is 0.524. The van der Waals surface area contributed by atoms with Gasteiger partial charge in [-0.3, -0.25) is 4.90 Å². The summed E-state index contributed by atoms with van der Waals surface area (Å²) in [7, 11) is 0. The van der Waals surface area contributed by atoms with E-state index in [-0.39, 0.29) is 6.10 Å². The molecule has 5 nitrogen and oxygen atoms in total. The molecule has 1 atom stereocenters. The van der Waals surface area contributed by atoms with Gasteiger partial charge in [-0.2, -0.15) is 0 Å². The van der Waals surface area contributed by atoms with Crippen LogP contribution >= 0.6 is 11.6 Å². The van der Waals surface area contributed by atoms with Crippen molar-refractivity contribution in [1.82, 2.24) is 14.9 Å². The summed E-state index contributed by atoms with van der Waals surface area (Å²) >= 11 is 6.02. The van der Waals surface area contributed by atoms with Crippen LogP contribution in [-0.2, 0) is 6.42 Å². The number of aromatic nitrogens is 2. The molecule has 0 unspecified atom stereocenters. The highest BCUT2D eigenvalue weighted by Crippen LogP contribution is 2.25.